The number of fused-ring (bicyclic) bond motifs is 1. The van der Waals surface area contributed by atoms with E-state index in [1.165, 1.54) is 16.3 Å². The molecule has 2 aromatic carbocycles. The number of benzene rings is 2. The lowest BCUT2D eigenvalue weighted by Crippen LogP contribution is -2.19. The normalized spacial score (nSPS) is 10.8. The van der Waals surface area contributed by atoms with Crippen molar-refractivity contribution in [1.29, 1.82) is 0 Å². The predicted molar refractivity (Wildman–Crippen MR) is 78.5 cm³/mol. The van der Waals surface area contributed by atoms with Crippen molar-refractivity contribution in [3.05, 3.63) is 82.3 Å². The summed E-state index contributed by atoms with van der Waals surface area (Å²) in [6.45, 7) is 2.55. The van der Waals surface area contributed by atoms with Crippen molar-refractivity contribution >= 4 is 10.8 Å². The molecule has 0 bridgehead atoms. The van der Waals surface area contributed by atoms with Gasteiger partial charge in [0, 0.05) is 12.3 Å². The van der Waals surface area contributed by atoms with Crippen LogP contribution < -0.4 is 5.56 Å². The molecule has 19 heavy (non-hydrogen) atoms. The van der Waals surface area contributed by atoms with E-state index < -0.39 is 0 Å². The third-order valence-electron chi connectivity index (χ3n) is 3.37. The van der Waals surface area contributed by atoms with Crippen LogP contribution in [0.25, 0.3) is 10.8 Å². The first-order valence-corrected chi connectivity index (χ1v) is 6.38. The van der Waals surface area contributed by atoms with Crippen LogP contribution in [0, 0.1) is 6.92 Å². The summed E-state index contributed by atoms with van der Waals surface area (Å²) >= 11 is 0. The maximum atomic E-state index is 11.9. The van der Waals surface area contributed by atoms with Gasteiger partial charge in [0.15, 0.2) is 0 Å². The highest BCUT2D eigenvalue weighted by Gasteiger charge is 2.02. The van der Waals surface area contributed by atoms with Gasteiger partial charge in [-0.1, -0.05) is 42.5 Å². The Hall–Kier alpha value is -2.35. The zero-order valence-electron chi connectivity index (χ0n) is 10.8. The van der Waals surface area contributed by atoms with Crippen LogP contribution in [0.2, 0.25) is 0 Å². The van der Waals surface area contributed by atoms with E-state index in [9.17, 15) is 4.79 Å². The smallest absolute Gasteiger partial charge is 0.251 e. The highest BCUT2D eigenvalue weighted by Crippen LogP contribution is 2.18. The molecule has 0 aliphatic carbocycles. The fourth-order valence-electron chi connectivity index (χ4n) is 2.35. The minimum Gasteiger partial charge on any atom is -0.311 e. The van der Waals surface area contributed by atoms with E-state index >= 15 is 0 Å². The van der Waals surface area contributed by atoms with Crippen molar-refractivity contribution < 1.29 is 0 Å². The lowest BCUT2D eigenvalue weighted by Gasteiger charge is -2.09. The van der Waals surface area contributed by atoms with E-state index in [1.807, 2.05) is 37.4 Å². The summed E-state index contributed by atoms with van der Waals surface area (Å²) in [5.74, 6) is 0. The van der Waals surface area contributed by atoms with Crippen LogP contribution in [-0.2, 0) is 6.54 Å². The summed E-state index contributed by atoms with van der Waals surface area (Å²) in [5.41, 5.74) is 2.22. The zero-order valence-corrected chi connectivity index (χ0v) is 10.8. The van der Waals surface area contributed by atoms with Gasteiger partial charge < -0.3 is 4.57 Å². The molecule has 0 saturated heterocycles. The average molecular weight is 249 g/mol. The van der Waals surface area contributed by atoms with Gasteiger partial charge in [0.1, 0.15) is 0 Å². The molecule has 0 radical (unpaired) electrons. The molecular weight excluding hydrogens is 234 g/mol. The molecule has 0 aliphatic heterocycles. The Labute approximate surface area is 111 Å². The third-order valence-corrected chi connectivity index (χ3v) is 3.37. The van der Waals surface area contributed by atoms with Crippen LogP contribution in [0.4, 0.5) is 0 Å². The summed E-state index contributed by atoms with van der Waals surface area (Å²) in [7, 11) is 0. The molecule has 3 rings (SSSR count). The number of aromatic nitrogens is 1. The fourth-order valence-corrected chi connectivity index (χ4v) is 2.35. The van der Waals surface area contributed by atoms with Gasteiger partial charge in [-0.25, -0.2) is 0 Å². The molecule has 0 unspecified atom stereocenters. The minimum atomic E-state index is 0.0490. The van der Waals surface area contributed by atoms with E-state index in [4.69, 9.17) is 0 Å². The molecule has 0 spiro atoms. The highest BCUT2D eigenvalue weighted by molar-refractivity contribution is 5.85. The van der Waals surface area contributed by atoms with Crippen LogP contribution in [0.15, 0.2) is 65.6 Å². The average Bonchev–Trinajstić information content (AvgIpc) is 2.42. The van der Waals surface area contributed by atoms with Gasteiger partial charge in [-0.3, -0.25) is 4.79 Å². The molecular formula is C17H15NO. The summed E-state index contributed by atoms with van der Waals surface area (Å²) in [6.07, 6.45) is 1.86. The summed E-state index contributed by atoms with van der Waals surface area (Å²) < 4.78 is 1.74. The Kier molecular flexibility index (Phi) is 2.92. The van der Waals surface area contributed by atoms with Crippen molar-refractivity contribution in [2.24, 2.45) is 0 Å². The lowest BCUT2D eigenvalue weighted by molar-refractivity contribution is 0.761. The molecule has 0 amide bonds. The summed E-state index contributed by atoms with van der Waals surface area (Å²) in [6, 6.07) is 18.1. The number of pyridine rings is 1. The van der Waals surface area contributed by atoms with Crippen molar-refractivity contribution in [2.45, 2.75) is 13.5 Å². The first-order valence-electron chi connectivity index (χ1n) is 6.38. The van der Waals surface area contributed by atoms with Gasteiger partial charge in [0.25, 0.3) is 5.56 Å². The molecule has 0 aliphatic rings. The number of aryl methyl sites for hydroxylation is 1. The second-order valence-electron chi connectivity index (χ2n) is 4.81. The van der Waals surface area contributed by atoms with Gasteiger partial charge in [0.2, 0.25) is 0 Å². The highest BCUT2D eigenvalue weighted by atomic mass is 16.1. The van der Waals surface area contributed by atoms with Gasteiger partial charge in [-0.2, -0.15) is 0 Å². The van der Waals surface area contributed by atoms with Gasteiger partial charge in [0.05, 0.1) is 6.54 Å². The monoisotopic (exact) mass is 249 g/mol. The number of hydrogen-bond donors (Lipinski definition) is 0. The Morgan fingerprint density at radius 2 is 1.79 bits per heavy atom. The van der Waals surface area contributed by atoms with E-state index in [2.05, 4.69) is 24.3 Å². The molecule has 2 heteroatoms. The Balaban J connectivity index is 2.08. The van der Waals surface area contributed by atoms with Gasteiger partial charge in [-0.15, -0.1) is 0 Å². The molecule has 0 atom stereocenters. The Bertz CT molecular complexity index is 781. The SMILES string of the molecule is Cc1ccn(Cc2cccc3ccccc23)c(=O)c1. The van der Waals surface area contributed by atoms with Crippen molar-refractivity contribution in [3.8, 4) is 0 Å². The number of hydrogen-bond acceptors (Lipinski definition) is 1. The minimum absolute atomic E-state index is 0.0490. The lowest BCUT2D eigenvalue weighted by atomic mass is 10.0. The van der Waals surface area contributed by atoms with Gasteiger partial charge >= 0.3 is 0 Å². The van der Waals surface area contributed by atoms with E-state index in [0.717, 1.165) is 5.56 Å². The maximum absolute atomic E-state index is 11.9. The van der Waals surface area contributed by atoms with E-state index in [1.54, 1.807) is 10.6 Å². The van der Waals surface area contributed by atoms with Gasteiger partial charge in [-0.05, 0) is 34.9 Å². The molecule has 0 saturated carbocycles. The van der Waals surface area contributed by atoms with Crippen molar-refractivity contribution in [3.63, 3.8) is 0 Å². The molecule has 1 heterocycles. The molecule has 0 fully saturated rings. The topological polar surface area (TPSA) is 22.0 Å². The van der Waals surface area contributed by atoms with E-state index in [0.29, 0.717) is 6.54 Å². The fraction of sp³-hybridized carbons (Fsp3) is 0.118. The van der Waals surface area contributed by atoms with Crippen LogP contribution in [0.1, 0.15) is 11.1 Å². The Morgan fingerprint density at radius 3 is 2.63 bits per heavy atom. The first-order chi connectivity index (χ1) is 9.24. The van der Waals surface area contributed by atoms with Crippen LogP contribution in [0.3, 0.4) is 0 Å². The standard InChI is InChI=1S/C17H15NO/c1-13-9-10-18(17(19)11-13)12-15-7-4-6-14-5-2-3-8-16(14)15/h2-11H,12H2,1H3. The molecule has 3 aromatic rings. The van der Waals surface area contributed by atoms with Crippen molar-refractivity contribution in [1.82, 2.24) is 4.57 Å². The maximum Gasteiger partial charge on any atom is 0.251 e. The summed E-state index contributed by atoms with van der Waals surface area (Å²) in [4.78, 5) is 11.9. The number of nitrogens with zero attached hydrogens (tertiary/aromatic N) is 1. The zero-order chi connectivity index (χ0) is 13.2. The largest absolute Gasteiger partial charge is 0.311 e. The summed E-state index contributed by atoms with van der Waals surface area (Å²) in [5, 5.41) is 2.41. The molecule has 0 N–H and O–H groups in total. The first kappa shape index (κ1) is 11.7. The molecule has 94 valence electrons. The number of rotatable bonds is 2. The van der Waals surface area contributed by atoms with Crippen LogP contribution >= 0.6 is 0 Å². The molecule has 2 nitrogen and oxygen atoms in total. The second kappa shape index (κ2) is 4.73. The van der Waals surface area contributed by atoms with E-state index in [-0.39, 0.29) is 5.56 Å². The molecule has 1 aromatic heterocycles. The third kappa shape index (κ3) is 2.29. The Morgan fingerprint density at radius 1 is 1.00 bits per heavy atom. The second-order valence-corrected chi connectivity index (χ2v) is 4.81. The van der Waals surface area contributed by atoms with Crippen LogP contribution in [-0.4, -0.2) is 4.57 Å². The van der Waals surface area contributed by atoms with Crippen LogP contribution in [0.5, 0.6) is 0 Å². The van der Waals surface area contributed by atoms with Crippen molar-refractivity contribution in [2.75, 3.05) is 0 Å². The quantitative estimate of drug-likeness (QED) is 0.682. The predicted octanol–water partition coefficient (Wildman–Crippen LogP) is 3.36.